The number of urea groups is 1. The Bertz CT molecular complexity index is 678. The van der Waals surface area contributed by atoms with Crippen LogP contribution in [0.25, 0.3) is 0 Å². The number of carbonyl (C=O) groups excluding carboxylic acids is 2. The Hall–Kier alpha value is -2.50. The largest absolute Gasteiger partial charge is 0.497 e. The highest BCUT2D eigenvalue weighted by atomic mass is 16.5. The van der Waals surface area contributed by atoms with Crippen molar-refractivity contribution in [1.82, 2.24) is 10.6 Å². The van der Waals surface area contributed by atoms with Gasteiger partial charge in [-0.2, -0.15) is 0 Å². The Morgan fingerprint density at radius 1 is 1.15 bits per heavy atom. The second kappa shape index (κ2) is 7.81. The van der Waals surface area contributed by atoms with Gasteiger partial charge in [0.2, 0.25) is 0 Å². The van der Waals surface area contributed by atoms with Crippen LogP contribution in [0.4, 0.5) is 4.79 Å². The average molecular weight is 358 g/mol. The van der Waals surface area contributed by atoms with Crippen LogP contribution in [-0.4, -0.2) is 25.2 Å². The van der Waals surface area contributed by atoms with E-state index < -0.39 is 12.0 Å². The van der Waals surface area contributed by atoms with E-state index in [1.54, 1.807) is 19.2 Å². The van der Waals surface area contributed by atoms with E-state index >= 15 is 0 Å². The Balaban J connectivity index is 1.77. The molecular formula is C20H26N2O4. The first-order valence-electron chi connectivity index (χ1n) is 9.08. The number of benzene rings is 1. The molecule has 0 radical (unpaired) electrons. The highest BCUT2D eigenvalue weighted by molar-refractivity contribution is 5.85. The summed E-state index contributed by atoms with van der Waals surface area (Å²) in [6.07, 6.45) is 3.86. The van der Waals surface area contributed by atoms with E-state index in [4.69, 9.17) is 9.47 Å². The monoisotopic (exact) mass is 358 g/mol. The minimum absolute atomic E-state index is 0.0550. The number of carbonyl (C=O) groups is 2. The maximum atomic E-state index is 12.9. The van der Waals surface area contributed by atoms with Gasteiger partial charge in [-0.05, 0) is 49.3 Å². The number of methoxy groups -OCH3 is 1. The van der Waals surface area contributed by atoms with Crippen molar-refractivity contribution < 1.29 is 19.1 Å². The topological polar surface area (TPSA) is 76.7 Å². The van der Waals surface area contributed by atoms with Crippen molar-refractivity contribution in [3.8, 4) is 5.75 Å². The third-order valence-corrected chi connectivity index (χ3v) is 5.24. The molecule has 1 saturated carbocycles. The Morgan fingerprint density at radius 2 is 1.81 bits per heavy atom. The van der Waals surface area contributed by atoms with Crippen molar-refractivity contribution in [1.29, 1.82) is 0 Å². The summed E-state index contributed by atoms with van der Waals surface area (Å²) in [7, 11) is 1.59. The van der Waals surface area contributed by atoms with E-state index in [0.29, 0.717) is 17.4 Å². The lowest BCUT2D eigenvalue weighted by molar-refractivity contribution is -0.155. The van der Waals surface area contributed by atoms with Gasteiger partial charge in [-0.1, -0.05) is 25.6 Å². The Kier molecular flexibility index (Phi) is 5.49. The van der Waals surface area contributed by atoms with Crippen LogP contribution in [0, 0.1) is 11.8 Å². The summed E-state index contributed by atoms with van der Waals surface area (Å²) in [5.74, 6) is 0.384. The van der Waals surface area contributed by atoms with Crippen LogP contribution in [0.3, 0.4) is 0 Å². The molecule has 1 saturated heterocycles. The third-order valence-electron chi connectivity index (χ3n) is 5.24. The van der Waals surface area contributed by atoms with Crippen molar-refractivity contribution in [2.24, 2.45) is 11.8 Å². The highest BCUT2D eigenvalue weighted by Crippen LogP contribution is 2.33. The van der Waals surface area contributed by atoms with Crippen LogP contribution in [-0.2, 0) is 9.53 Å². The molecule has 1 aromatic carbocycles. The number of hydrogen-bond acceptors (Lipinski definition) is 4. The number of ether oxygens (including phenoxy) is 2. The molecular weight excluding hydrogens is 332 g/mol. The molecule has 3 rings (SSSR count). The molecule has 2 amide bonds. The van der Waals surface area contributed by atoms with Crippen LogP contribution >= 0.6 is 0 Å². The zero-order valence-corrected chi connectivity index (χ0v) is 15.3. The summed E-state index contributed by atoms with van der Waals surface area (Å²) in [5, 5.41) is 5.43. The molecule has 2 fully saturated rings. The summed E-state index contributed by atoms with van der Waals surface area (Å²) >= 11 is 0. The van der Waals surface area contributed by atoms with Gasteiger partial charge in [0.1, 0.15) is 17.8 Å². The van der Waals surface area contributed by atoms with E-state index in [0.717, 1.165) is 31.2 Å². The predicted octanol–water partition coefficient (Wildman–Crippen LogP) is 3.30. The van der Waals surface area contributed by atoms with Gasteiger partial charge in [0.05, 0.1) is 13.2 Å². The minimum atomic E-state index is -0.666. The van der Waals surface area contributed by atoms with Crippen molar-refractivity contribution in [2.75, 3.05) is 7.11 Å². The van der Waals surface area contributed by atoms with Crippen LogP contribution in [0.1, 0.15) is 44.2 Å². The van der Waals surface area contributed by atoms with E-state index in [9.17, 15) is 9.59 Å². The van der Waals surface area contributed by atoms with Crippen LogP contribution in [0.5, 0.6) is 5.75 Å². The SMILES string of the molecule is C=C1NC(=O)NC(c2ccc(OC)cc2)C1C(=O)OC1CCC(C)CC1. The van der Waals surface area contributed by atoms with Crippen LogP contribution in [0.2, 0.25) is 0 Å². The first-order valence-corrected chi connectivity index (χ1v) is 9.08. The highest BCUT2D eigenvalue weighted by Gasteiger charge is 2.40. The Labute approximate surface area is 153 Å². The van der Waals surface area contributed by atoms with Gasteiger partial charge in [0.15, 0.2) is 0 Å². The lowest BCUT2D eigenvalue weighted by atomic mass is 9.87. The molecule has 140 valence electrons. The lowest BCUT2D eigenvalue weighted by Crippen LogP contribution is -2.51. The van der Waals surface area contributed by atoms with Gasteiger partial charge >= 0.3 is 12.0 Å². The summed E-state index contributed by atoms with van der Waals surface area (Å²) < 4.78 is 10.9. The molecule has 1 heterocycles. The predicted molar refractivity (Wildman–Crippen MR) is 97.5 cm³/mol. The van der Waals surface area contributed by atoms with Gasteiger partial charge < -0.3 is 20.1 Å². The van der Waals surface area contributed by atoms with Gasteiger partial charge in [-0.3, -0.25) is 4.79 Å². The lowest BCUT2D eigenvalue weighted by Gasteiger charge is -2.35. The van der Waals surface area contributed by atoms with E-state index in [1.165, 1.54) is 0 Å². The third kappa shape index (κ3) is 4.00. The van der Waals surface area contributed by atoms with E-state index in [1.807, 2.05) is 12.1 Å². The molecule has 1 aromatic rings. The zero-order valence-electron chi connectivity index (χ0n) is 15.3. The first-order chi connectivity index (χ1) is 12.5. The van der Waals surface area contributed by atoms with Crippen molar-refractivity contribution in [3.05, 3.63) is 42.1 Å². The molecule has 2 N–H and O–H groups in total. The maximum absolute atomic E-state index is 12.9. The number of hydrogen-bond donors (Lipinski definition) is 2. The molecule has 2 atom stereocenters. The van der Waals surface area contributed by atoms with Crippen molar-refractivity contribution in [3.63, 3.8) is 0 Å². The summed E-state index contributed by atoms with van der Waals surface area (Å²) in [5.41, 5.74) is 1.17. The standard InChI is InChI=1S/C20H26N2O4/c1-12-4-8-16(9-5-12)26-19(23)17-13(2)21-20(24)22-18(17)14-6-10-15(25-3)11-7-14/h6-7,10-12,16-18H,2,4-5,8-9H2,1,3H3,(H2,21,22,24). The fourth-order valence-corrected chi connectivity index (χ4v) is 3.64. The number of rotatable bonds is 4. The fraction of sp³-hybridized carbons (Fsp3) is 0.500. The van der Waals surface area contributed by atoms with E-state index in [-0.39, 0.29) is 18.1 Å². The maximum Gasteiger partial charge on any atom is 0.319 e. The molecule has 0 bridgehead atoms. The molecule has 6 nitrogen and oxygen atoms in total. The molecule has 2 aliphatic rings. The molecule has 0 spiro atoms. The molecule has 6 heteroatoms. The summed E-state index contributed by atoms with van der Waals surface area (Å²) in [6, 6.07) is 6.40. The molecule has 1 aliphatic carbocycles. The summed E-state index contributed by atoms with van der Waals surface area (Å²) in [4.78, 5) is 24.8. The van der Waals surface area contributed by atoms with Crippen molar-refractivity contribution >= 4 is 12.0 Å². The smallest absolute Gasteiger partial charge is 0.319 e. The van der Waals surface area contributed by atoms with Gasteiger partial charge in [-0.15, -0.1) is 0 Å². The van der Waals surface area contributed by atoms with Gasteiger partial charge in [0.25, 0.3) is 0 Å². The van der Waals surface area contributed by atoms with Crippen LogP contribution < -0.4 is 15.4 Å². The minimum Gasteiger partial charge on any atom is -0.497 e. The van der Waals surface area contributed by atoms with E-state index in [2.05, 4.69) is 24.1 Å². The van der Waals surface area contributed by atoms with Gasteiger partial charge in [0, 0.05) is 5.70 Å². The number of amides is 2. The zero-order chi connectivity index (χ0) is 18.7. The second-order valence-corrected chi connectivity index (χ2v) is 7.17. The van der Waals surface area contributed by atoms with Crippen molar-refractivity contribution in [2.45, 2.75) is 44.8 Å². The summed E-state index contributed by atoms with van der Waals surface area (Å²) in [6.45, 7) is 6.11. The first kappa shape index (κ1) is 18.3. The quantitative estimate of drug-likeness (QED) is 0.810. The van der Waals surface area contributed by atoms with Gasteiger partial charge in [-0.25, -0.2) is 4.79 Å². The fourth-order valence-electron chi connectivity index (χ4n) is 3.64. The molecule has 2 unspecified atom stereocenters. The Morgan fingerprint density at radius 3 is 2.42 bits per heavy atom. The number of nitrogens with one attached hydrogen (secondary N) is 2. The average Bonchev–Trinajstić information content (AvgIpc) is 2.63. The molecule has 26 heavy (non-hydrogen) atoms. The number of esters is 1. The second-order valence-electron chi connectivity index (χ2n) is 7.17. The van der Waals surface area contributed by atoms with Crippen LogP contribution in [0.15, 0.2) is 36.5 Å². The normalized spacial score (nSPS) is 28.7. The molecule has 0 aromatic heterocycles. The molecule has 1 aliphatic heterocycles.